The average molecular weight is 495 g/mol. The summed E-state index contributed by atoms with van der Waals surface area (Å²) in [7, 11) is -6.21. The van der Waals surface area contributed by atoms with E-state index in [-0.39, 0.29) is 59.4 Å². The second-order valence-corrected chi connectivity index (χ2v) is 9.42. The van der Waals surface area contributed by atoms with Crippen molar-refractivity contribution in [1.82, 2.24) is 9.97 Å². The third-order valence-corrected chi connectivity index (χ3v) is 6.90. The Morgan fingerprint density at radius 3 is 2.16 bits per heavy atom. The smallest absolute Gasteiger partial charge is 0.481 e. The van der Waals surface area contributed by atoms with Crippen molar-refractivity contribution in [2.45, 2.75) is 16.7 Å². The number of ether oxygens (including phenoxy) is 2. The maximum atomic E-state index is 12.7. The van der Waals surface area contributed by atoms with Crippen molar-refractivity contribution in [2.75, 3.05) is 30.6 Å². The van der Waals surface area contributed by atoms with Crippen LogP contribution in [0.2, 0.25) is 0 Å². The normalized spacial score (nSPS) is 11.0. The SMILES string of the molecule is CCS(=O)(=O)c1ccc(NC=O)cc1S(=O)(=O)[N-]C(=O)Nc1nc(OC)cc(OC)n1.[Na+]. The van der Waals surface area contributed by atoms with E-state index in [2.05, 4.69) is 20.0 Å². The summed E-state index contributed by atoms with van der Waals surface area (Å²) in [4.78, 5) is 29.1. The van der Waals surface area contributed by atoms with Gasteiger partial charge in [0.1, 0.15) is 0 Å². The molecule has 0 aliphatic heterocycles. The molecule has 32 heavy (non-hydrogen) atoms. The minimum Gasteiger partial charge on any atom is -0.481 e. The van der Waals surface area contributed by atoms with E-state index in [1.807, 2.05) is 5.32 Å². The molecule has 0 unspecified atom stereocenters. The zero-order chi connectivity index (χ0) is 23.2. The van der Waals surface area contributed by atoms with Gasteiger partial charge in [0.05, 0.1) is 35.8 Å². The first-order valence-electron chi connectivity index (χ1n) is 8.39. The molecule has 2 N–H and O–H groups in total. The molecule has 2 aromatic rings. The molecule has 0 saturated carbocycles. The fourth-order valence-corrected chi connectivity index (χ4v) is 4.83. The summed E-state index contributed by atoms with van der Waals surface area (Å²) in [6.07, 6.45) is 0.275. The molecule has 1 aromatic carbocycles. The number of methoxy groups -OCH3 is 2. The van der Waals surface area contributed by atoms with E-state index in [0.717, 1.165) is 12.1 Å². The Balaban J connectivity index is 0.00000512. The van der Waals surface area contributed by atoms with Crippen molar-refractivity contribution in [3.8, 4) is 11.8 Å². The van der Waals surface area contributed by atoms with Crippen LogP contribution in [-0.2, 0) is 24.7 Å². The van der Waals surface area contributed by atoms with Crippen LogP contribution in [0.4, 0.5) is 16.4 Å². The molecule has 0 saturated heterocycles. The van der Waals surface area contributed by atoms with E-state index >= 15 is 0 Å². The molecule has 3 amide bonds. The average Bonchev–Trinajstić information content (AvgIpc) is 2.73. The minimum absolute atomic E-state index is 0. The predicted molar refractivity (Wildman–Crippen MR) is 109 cm³/mol. The first-order valence-corrected chi connectivity index (χ1v) is 11.5. The van der Waals surface area contributed by atoms with Gasteiger partial charge in [0.15, 0.2) is 21.8 Å². The number of hydrogen-bond donors (Lipinski definition) is 2. The topological polar surface area (TPSA) is 185 Å². The van der Waals surface area contributed by atoms with Gasteiger partial charge in [-0.25, -0.2) is 16.8 Å². The number of urea groups is 1. The second kappa shape index (κ2) is 11.4. The molecular weight excluding hydrogens is 477 g/mol. The van der Waals surface area contributed by atoms with Crippen LogP contribution in [0.25, 0.3) is 4.72 Å². The standard InChI is InChI=1S/C16H19N5O8S2.Na/c1-4-30(24,25)11-6-5-10(17-9-22)7-12(11)31(26,27)21-16(23)20-15-18-13(28-2)8-14(19-15)29-3;/h5-9H,4H2,1-3H3,(H3,17,18,19,20,21,22,23);/q;+1/p-1. The quantitative estimate of drug-likeness (QED) is 0.296. The fraction of sp³-hybridized carbons (Fsp3) is 0.250. The van der Waals surface area contributed by atoms with E-state index in [0.29, 0.717) is 0 Å². The number of benzene rings is 1. The van der Waals surface area contributed by atoms with Crippen molar-refractivity contribution in [1.29, 1.82) is 0 Å². The molecule has 0 fully saturated rings. The first kappa shape index (κ1) is 27.6. The van der Waals surface area contributed by atoms with Crippen LogP contribution < -0.4 is 49.7 Å². The maximum absolute atomic E-state index is 12.7. The Kier molecular flexibility index (Phi) is 9.84. The van der Waals surface area contributed by atoms with Gasteiger partial charge >= 0.3 is 29.6 Å². The van der Waals surface area contributed by atoms with Gasteiger partial charge in [-0.05, 0) is 18.2 Å². The number of sulfone groups is 1. The van der Waals surface area contributed by atoms with E-state index in [9.17, 15) is 26.4 Å². The van der Waals surface area contributed by atoms with Gasteiger partial charge in [-0.3, -0.25) is 9.59 Å². The molecule has 0 atom stereocenters. The van der Waals surface area contributed by atoms with Gasteiger partial charge in [-0.2, -0.15) is 9.97 Å². The Morgan fingerprint density at radius 2 is 1.66 bits per heavy atom. The van der Waals surface area contributed by atoms with Crippen LogP contribution >= 0.6 is 0 Å². The van der Waals surface area contributed by atoms with Crippen LogP contribution in [0, 0.1) is 0 Å². The van der Waals surface area contributed by atoms with E-state index < -0.39 is 41.4 Å². The zero-order valence-corrected chi connectivity index (χ0v) is 21.2. The number of nitrogens with one attached hydrogen (secondary N) is 2. The molecule has 0 aliphatic rings. The fourth-order valence-electron chi connectivity index (χ4n) is 2.23. The van der Waals surface area contributed by atoms with Crippen molar-refractivity contribution in [2.24, 2.45) is 0 Å². The van der Waals surface area contributed by atoms with Gasteiger partial charge in [0.2, 0.25) is 28.2 Å². The first-order chi connectivity index (χ1) is 14.6. The van der Waals surface area contributed by atoms with Crippen molar-refractivity contribution < 1.29 is 65.5 Å². The summed E-state index contributed by atoms with van der Waals surface area (Å²) >= 11 is 0. The van der Waals surface area contributed by atoms with Gasteiger partial charge < -0.3 is 24.8 Å². The summed E-state index contributed by atoms with van der Waals surface area (Å²) in [5, 5.41) is 4.25. The summed E-state index contributed by atoms with van der Waals surface area (Å²) < 4.78 is 63.0. The van der Waals surface area contributed by atoms with Crippen molar-refractivity contribution >= 4 is 43.9 Å². The number of amides is 3. The number of aromatic nitrogens is 2. The molecule has 168 valence electrons. The Hall–Kier alpha value is -2.46. The number of anilines is 2. The minimum atomic E-state index is -4.82. The van der Waals surface area contributed by atoms with Crippen molar-refractivity contribution in [3.63, 3.8) is 0 Å². The van der Waals surface area contributed by atoms with Crippen LogP contribution in [0.3, 0.4) is 0 Å². The summed E-state index contributed by atoms with van der Waals surface area (Å²) in [5.74, 6) is -0.722. The van der Waals surface area contributed by atoms with Crippen LogP contribution in [-0.4, -0.2) is 59.2 Å². The molecule has 0 spiro atoms. The Labute approximate surface area is 206 Å². The molecule has 0 radical (unpaired) electrons. The third kappa shape index (κ3) is 6.77. The second-order valence-electron chi connectivity index (χ2n) is 5.60. The van der Waals surface area contributed by atoms with Gasteiger partial charge in [-0.15, -0.1) is 0 Å². The largest absolute Gasteiger partial charge is 1.00 e. The predicted octanol–water partition coefficient (Wildman–Crippen LogP) is -1.85. The number of carbonyl (C=O) groups is 2. The Morgan fingerprint density at radius 1 is 1.06 bits per heavy atom. The van der Waals surface area contributed by atoms with Crippen LogP contribution in [0.5, 0.6) is 11.8 Å². The summed E-state index contributed by atoms with van der Waals surface area (Å²) in [6.45, 7) is 1.32. The van der Waals surface area contributed by atoms with E-state index in [1.54, 1.807) is 0 Å². The van der Waals surface area contributed by atoms with Crippen LogP contribution in [0.1, 0.15) is 6.92 Å². The number of nitrogens with zero attached hydrogens (tertiary/aromatic N) is 3. The molecule has 0 aliphatic carbocycles. The number of sulfonamides is 1. The zero-order valence-electron chi connectivity index (χ0n) is 17.5. The monoisotopic (exact) mass is 495 g/mol. The third-order valence-electron chi connectivity index (χ3n) is 3.68. The molecule has 2 rings (SSSR count). The number of hydrogen-bond acceptors (Lipinski definition) is 10. The Bertz CT molecular complexity index is 1180. The van der Waals surface area contributed by atoms with E-state index in [1.165, 1.54) is 33.3 Å². The maximum Gasteiger partial charge on any atom is 1.00 e. The number of carbonyl (C=O) groups excluding carboxylic acids is 2. The molecular formula is C16H18N5NaO8S2. The summed E-state index contributed by atoms with van der Waals surface area (Å²) in [5.41, 5.74) is -0.0138. The molecule has 16 heteroatoms. The molecule has 0 bridgehead atoms. The van der Waals surface area contributed by atoms with Gasteiger partial charge in [0, 0.05) is 5.69 Å². The van der Waals surface area contributed by atoms with Gasteiger partial charge in [-0.1, -0.05) is 6.92 Å². The molecule has 1 aromatic heterocycles. The van der Waals surface area contributed by atoms with Crippen LogP contribution in [0.15, 0.2) is 34.1 Å². The number of rotatable bonds is 9. The summed E-state index contributed by atoms with van der Waals surface area (Å²) in [6, 6.07) is 3.00. The van der Waals surface area contributed by atoms with E-state index in [4.69, 9.17) is 9.47 Å². The van der Waals surface area contributed by atoms with Crippen molar-refractivity contribution in [3.05, 3.63) is 29.0 Å². The molecule has 13 nitrogen and oxygen atoms in total. The molecule has 1 heterocycles. The van der Waals surface area contributed by atoms with Gasteiger partial charge in [0.25, 0.3) is 0 Å².